The minimum atomic E-state index is -0.309. The van der Waals surface area contributed by atoms with Crippen molar-refractivity contribution < 1.29 is 4.39 Å². The van der Waals surface area contributed by atoms with Crippen molar-refractivity contribution >= 4 is 38.6 Å². The van der Waals surface area contributed by atoms with Crippen molar-refractivity contribution in [1.82, 2.24) is 9.55 Å². The van der Waals surface area contributed by atoms with Crippen molar-refractivity contribution in [3.05, 3.63) is 58.1 Å². The lowest BCUT2D eigenvalue weighted by atomic mass is 10.1. The van der Waals surface area contributed by atoms with Gasteiger partial charge in [-0.2, -0.15) is 0 Å². The first kappa shape index (κ1) is 14.5. The number of benzene rings is 2. The molecule has 0 saturated carbocycles. The Hall–Kier alpha value is -1.39. The van der Waals surface area contributed by atoms with Gasteiger partial charge in [0, 0.05) is 11.8 Å². The second-order valence-corrected chi connectivity index (χ2v) is 5.90. The summed E-state index contributed by atoms with van der Waals surface area (Å²) in [4.78, 5) is 4.50. The average molecular weight is 368 g/mol. The minimum absolute atomic E-state index is 0.268. The molecule has 21 heavy (non-hydrogen) atoms. The van der Waals surface area contributed by atoms with E-state index in [1.54, 1.807) is 6.07 Å². The predicted molar refractivity (Wildman–Crippen MR) is 87.7 cm³/mol. The summed E-state index contributed by atoms with van der Waals surface area (Å²) < 4.78 is 16.2. The van der Waals surface area contributed by atoms with Crippen LogP contribution in [-0.4, -0.2) is 9.55 Å². The molecule has 0 atom stereocenters. The van der Waals surface area contributed by atoms with Gasteiger partial charge in [-0.25, -0.2) is 9.37 Å². The zero-order valence-electron chi connectivity index (χ0n) is 11.4. The standard InChI is InChI=1S/C16H13BrClFN2/c1-2-10-4-3-5-11(6-10)21-15-8-13(19)12(17)7-14(15)20-16(21)9-18/h3-8H,2,9H2,1H3. The first-order valence-corrected chi connectivity index (χ1v) is 7.98. The lowest BCUT2D eigenvalue weighted by molar-refractivity contribution is 0.622. The quantitative estimate of drug-likeness (QED) is 0.580. The number of hydrogen-bond acceptors (Lipinski definition) is 1. The SMILES string of the molecule is CCc1cccc(-n2c(CCl)nc3cc(Br)c(F)cc32)c1. The summed E-state index contributed by atoms with van der Waals surface area (Å²) in [5.74, 6) is 0.665. The molecular weight excluding hydrogens is 355 g/mol. The normalized spacial score (nSPS) is 11.2. The average Bonchev–Trinajstić information content (AvgIpc) is 2.85. The highest BCUT2D eigenvalue weighted by molar-refractivity contribution is 9.10. The van der Waals surface area contributed by atoms with Crippen molar-refractivity contribution in [1.29, 1.82) is 0 Å². The minimum Gasteiger partial charge on any atom is -0.295 e. The molecule has 0 aliphatic rings. The van der Waals surface area contributed by atoms with Gasteiger partial charge in [-0.1, -0.05) is 19.1 Å². The number of fused-ring (bicyclic) bond motifs is 1. The van der Waals surface area contributed by atoms with Gasteiger partial charge in [-0.3, -0.25) is 4.57 Å². The lowest BCUT2D eigenvalue weighted by Gasteiger charge is -2.09. The fraction of sp³-hybridized carbons (Fsp3) is 0.188. The molecule has 2 nitrogen and oxygen atoms in total. The van der Waals surface area contributed by atoms with Gasteiger partial charge in [0.25, 0.3) is 0 Å². The Labute approximate surface area is 135 Å². The van der Waals surface area contributed by atoms with Crippen LogP contribution in [0.4, 0.5) is 4.39 Å². The van der Waals surface area contributed by atoms with Crippen LogP contribution < -0.4 is 0 Å². The molecule has 0 bridgehead atoms. The number of halogens is 3. The van der Waals surface area contributed by atoms with E-state index in [9.17, 15) is 4.39 Å². The third-order valence-corrected chi connectivity index (χ3v) is 4.31. The maximum Gasteiger partial charge on any atom is 0.139 e. The molecule has 0 spiro atoms. The van der Waals surface area contributed by atoms with Crippen molar-refractivity contribution in [3.63, 3.8) is 0 Å². The van der Waals surface area contributed by atoms with E-state index in [4.69, 9.17) is 11.6 Å². The Morgan fingerprint density at radius 3 is 2.81 bits per heavy atom. The molecule has 108 valence electrons. The van der Waals surface area contributed by atoms with Crippen LogP contribution in [-0.2, 0) is 12.3 Å². The Bertz CT molecular complexity index is 813. The van der Waals surface area contributed by atoms with Crippen LogP contribution in [0.15, 0.2) is 40.9 Å². The van der Waals surface area contributed by atoms with Crippen LogP contribution in [0, 0.1) is 5.82 Å². The molecule has 3 rings (SSSR count). The number of hydrogen-bond donors (Lipinski definition) is 0. The maximum atomic E-state index is 13.9. The molecule has 0 radical (unpaired) electrons. The largest absolute Gasteiger partial charge is 0.295 e. The van der Waals surface area contributed by atoms with Crippen molar-refractivity contribution in [2.24, 2.45) is 0 Å². The van der Waals surface area contributed by atoms with Crippen LogP contribution in [0.2, 0.25) is 0 Å². The number of alkyl halides is 1. The van der Waals surface area contributed by atoms with E-state index in [0.717, 1.165) is 23.1 Å². The van der Waals surface area contributed by atoms with Gasteiger partial charge < -0.3 is 0 Å². The van der Waals surface area contributed by atoms with Gasteiger partial charge in [-0.05, 0) is 46.1 Å². The summed E-state index contributed by atoms with van der Waals surface area (Å²) in [6.07, 6.45) is 0.941. The van der Waals surface area contributed by atoms with E-state index in [2.05, 4.69) is 40.0 Å². The van der Waals surface area contributed by atoms with E-state index in [0.29, 0.717) is 10.3 Å². The number of rotatable bonds is 3. The highest BCUT2D eigenvalue weighted by atomic mass is 79.9. The summed E-state index contributed by atoms with van der Waals surface area (Å²) in [6, 6.07) is 11.3. The molecule has 2 aromatic carbocycles. The molecule has 1 heterocycles. The summed E-state index contributed by atoms with van der Waals surface area (Å²) in [6.45, 7) is 2.10. The molecule has 0 fully saturated rings. The first-order chi connectivity index (χ1) is 10.1. The summed E-state index contributed by atoms with van der Waals surface area (Å²) in [7, 11) is 0. The smallest absolute Gasteiger partial charge is 0.139 e. The third kappa shape index (κ3) is 2.58. The monoisotopic (exact) mass is 366 g/mol. The molecule has 0 unspecified atom stereocenters. The Morgan fingerprint density at radius 1 is 1.29 bits per heavy atom. The number of aromatic nitrogens is 2. The van der Waals surface area contributed by atoms with Crippen LogP contribution in [0.1, 0.15) is 18.3 Å². The van der Waals surface area contributed by atoms with Gasteiger partial charge in [0.05, 0.1) is 21.4 Å². The van der Waals surface area contributed by atoms with Crippen LogP contribution in [0.3, 0.4) is 0 Å². The molecular formula is C16H13BrClFN2. The lowest BCUT2D eigenvalue weighted by Crippen LogP contribution is -2.00. The molecule has 0 amide bonds. The molecule has 0 aliphatic heterocycles. The fourth-order valence-electron chi connectivity index (χ4n) is 2.42. The third-order valence-electron chi connectivity index (χ3n) is 3.46. The van der Waals surface area contributed by atoms with Crippen LogP contribution in [0.5, 0.6) is 0 Å². The van der Waals surface area contributed by atoms with E-state index in [1.165, 1.54) is 11.6 Å². The van der Waals surface area contributed by atoms with Gasteiger partial charge in [0.2, 0.25) is 0 Å². The van der Waals surface area contributed by atoms with Crippen molar-refractivity contribution in [2.75, 3.05) is 0 Å². The summed E-state index contributed by atoms with van der Waals surface area (Å²) in [5.41, 5.74) is 3.61. The van der Waals surface area contributed by atoms with Gasteiger partial charge >= 0.3 is 0 Å². The Kier molecular flexibility index (Phi) is 4.00. The first-order valence-electron chi connectivity index (χ1n) is 6.65. The van der Waals surface area contributed by atoms with E-state index in [1.807, 2.05) is 16.7 Å². The molecule has 0 saturated heterocycles. The fourth-order valence-corrected chi connectivity index (χ4v) is 2.93. The number of aryl methyl sites for hydroxylation is 1. The molecule has 3 aromatic rings. The van der Waals surface area contributed by atoms with E-state index in [-0.39, 0.29) is 11.7 Å². The number of imidazole rings is 1. The van der Waals surface area contributed by atoms with Crippen LogP contribution >= 0.6 is 27.5 Å². The zero-order chi connectivity index (χ0) is 15.0. The highest BCUT2D eigenvalue weighted by Gasteiger charge is 2.14. The van der Waals surface area contributed by atoms with E-state index < -0.39 is 0 Å². The van der Waals surface area contributed by atoms with Gasteiger partial charge in [0.15, 0.2) is 0 Å². The second kappa shape index (κ2) is 5.78. The van der Waals surface area contributed by atoms with Crippen molar-refractivity contribution in [3.8, 4) is 5.69 Å². The van der Waals surface area contributed by atoms with Gasteiger partial charge in [0.1, 0.15) is 11.6 Å². The zero-order valence-corrected chi connectivity index (χ0v) is 13.7. The van der Waals surface area contributed by atoms with Crippen molar-refractivity contribution in [2.45, 2.75) is 19.2 Å². The molecule has 1 aromatic heterocycles. The predicted octanol–water partition coefficient (Wildman–Crippen LogP) is 5.23. The molecule has 0 N–H and O–H groups in total. The van der Waals surface area contributed by atoms with Crippen LogP contribution in [0.25, 0.3) is 16.7 Å². The topological polar surface area (TPSA) is 17.8 Å². The second-order valence-electron chi connectivity index (χ2n) is 4.78. The van der Waals surface area contributed by atoms with Gasteiger partial charge in [-0.15, -0.1) is 11.6 Å². The Morgan fingerprint density at radius 2 is 2.10 bits per heavy atom. The summed E-state index contributed by atoms with van der Waals surface area (Å²) in [5, 5.41) is 0. The molecule has 5 heteroatoms. The number of nitrogens with zero attached hydrogens (tertiary/aromatic N) is 2. The highest BCUT2D eigenvalue weighted by Crippen LogP contribution is 2.27. The maximum absolute atomic E-state index is 13.9. The summed E-state index contributed by atoms with van der Waals surface area (Å²) >= 11 is 9.21. The van der Waals surface area contributed by atoms with E-state index >= 15 is 0 Å². The Balaban J connectivity index is 2.31. The molecule has 0 aliphatic carbocycles.